The van der Waals surface area contributed by atoms with Gasteiger partial charge < -0.3 is 0 Å². The van der Waals surface area contributed by atoms with Crippen molar-refractivity contribution in [2.24, 2.45) is 0 Å². The van der Waals surface area contributed by atoms with Crippen LogP contribution in [0.1, 0.15) is 54.9 Å². The summed E-state index contributed by atoms with van der Waals surface area (Å²) in [6.07, 6.45) is 7.77. The summed E-state index contributed by atoms with van der Waals surface area (Å²) in [5.74, 6) is 0.641. The summed E-state index contributed by atoms with van der Waals surface area (Å²) in [5, 5.41) is 18.3. The number of aromatic nitrogens is 4. The second-order valence-corrected chi connectivity index (χ2v) is 5.36. The van der Waals surface area contributed by atoms with Crippen molar-refractivity contribution in [2.75, 3.05) is 0 Å². The number of hydrogen-bond donors (Lipinski definition) is 0. The summed E-state index contributed by atoms with van der Waals surface area (Å²) >= 11 is 0. The van der Waals surface area contributed by atoms with E-state index in [9.17, 15) is 5.26 Å². The normalized spacial score (nSPS) is 13.8. The van der Waals surface area contributed by atoms with Crippen molar-refractivity contribution >= 4 is 0 Å². The first kappa shape index (κ1) is 13.7. The first-order chi connectivity index (χ1) is 10.3. The summed E-state index contributed by atoms with van der Waals surface area (Å²) in [6.45, 7) is 4.10. The molecule has 0 atom stereocenters. The van der Waals surface area contributed by atoms with Crippen LogP contribution >= 0.6 is 0 Å². The molecule has 0 bridgehead atoms. The van der Waals surface area contributed by atoms with E-state index >= 15 is 0 Å². The lowest BCUT2D eigenvalue weighted by Gasteiger charge is -2.15. The quantitative estimate of drug-likeness (QED) is 0.867. The SMILES string of the molecule is CCc1nnc(-n2cnc3c2CCCC3)c(C#N)c1CC. The van der Waals surface area contributed by atoms with Gasteiger partial charge in [-0.1, -0.05) is 13.8 Å². The van der Waals surface area contributed by atoms with Gasteiger partial charge in [-0.3, -0.25) is 4.57 Å². The summed E-state index contributed by atoms with van der Waals surface area (Å²) in [4.78, 5) is 4.49. The molecule has 0 saturated carbocycles. The van der Waals surface area contributed by atoms with Gasteiger partial charge in [0.05, 0.1) is 11.4 Å². The highest BCUT2D eigenvalue weighted by Gasteiger charge is 2.21. The minimum Gasteiger partial charge on any atom is -0.285 e. The van der Waals surface area contributed by atoms with E-state index in [-0.39, 0.29) is 0 Å². The van der Waals surface area contributed by atoms with Crippen LogP contribution in [0.2, 0.25) is 0 Å². The number of nitrogens with zero attached hydrogens (tertiary/aromatic N) is 5. The Bertz CT molecular complexity index is 708. The summed E-state index contributed by atoms with van der Waals surface area (Å²) < 4.78 is 1.97. The molecule has 0 radical (unpaired) electrons. The van der Waals surface area contributed by atoms with E-state index in [0.717, 1.165) is 42.6 Å². The Balaban J connectivity index is 2.19. The van der Waals surface area contributed by atoms with Gasteiger partial charge >= 0.3 is 0 Å². The smallest absolute Gasteiger partial charge is 0.179 e. The van der Waals surface area contributed by atoms with Crippen LogP contribution in [0.5, 0.6) is 0 Å². The van der Waals surface area contributed by atoms with Gasteiger partial charge in [-0.25, -0.2) is 4.98 Å². The molecule has 0 spiro atoms. The largest absolute Gasteiger partial charge is 0.285 e. The van der Waals surface area contributed by atoms with E-state index in [2.05, 4.69) is 28.2 Å². The lowest BCUT2D eigenvalue weighted by Crippen LogP contribution is -2.13. The van der Waals surface area contributed by atoms with Crippen LogP contribution in [0.15, 0.2) is 6.33 Å². The highest BCUT2D eigenvalue weighted by Crippen LogP contribution is 2.25. The Labute approximate surface area is 124 Å². The molecular weight excluding hydrogens is 262 g/mol. The van der Waals surface area contributed by atoms with Crippen LogP contribution in [0.3, 0.4) is 0 Å². The number of aryl methyl sites for hydroxylation is 2. The zero-order chi connectivity index (χ0) is 14.8. The van der Waals surface area contributed by atoms with Crippen LogP contribution < -0.4 is 0 Å². The summed E-state index contributed by atoms with van der Waals surface area (Å²) in [5.41, 5.74) is 4.92. The maximum Gasteiger partial charge on any atom is 0.179 e. The highest BCUT2D eigenvalue weighted by molar-refractivity contribution is 5.51. The number of rotatable bonds is 3. The molecule has 2 aromatic heterocycles. The average molecular weight is 281 g/mol. The molecule has 21 heavy (non-hydrogen) atoms. The molecule has 3 rings (SSSR count). The lowest BCUT2D eigenvalue weighted by atomic mass is 10.0. The number of imidazole rings is 1. The molecule has 5 nitrogen and oxygen atoms in total. The van der Waals surface area contributed by atoms with E-state index in [4.69, 9.17) is 0 Å². The molecule has 5 heteroatoms. The average Bonchev–Trinajstić information content (AvgIpc) is 2.97. The third kappa shape index (κ3) is 2.21. The predicted molar refractivity (Wildman–Crippen MR) is 79.3 cm³/mol. The second-order valence-electron chi connectivity index (χ2n) is 5.36. The molecule has 2 heterocycles. The number of nitriles is 1. The van der Waals surface area contributed by atoms with Gasteiger partial charge in [0.15, 0.2) is 5.82 Å². The van der Waals surface area contributed by atoms with Gasteiger partial charge in [-0.05, 0) is 44.1 Å². The molecule has 0 fully saturated rings. The second kappa shape index (κ2) is 5.65. The molecular formula is C16H19N5. The van der Waals surface area contributed by atoms with E-state index in [0.29, 0.717) is 11.4 Å². The van der Waals surface area contributed by atoms with Crippen molar-refractivity contribution in [2.45, 2.75) is 52.4 Å². The van der Waals surface area contributed by atoms with Crippen LogP contribution in [-0.2, 0) is 25.7 Å². The molecule has 108 valence electrons. The third-order valence-corrected chi connectivity index (χ3v) is 4.20. The fourth-order valence-corrected chi connectivity index (χ4v) is 3.10. The van der Waals surface area contributed by atoms with Crippen LogP contribution in [0.25, 0.3) is 5.82 Å². The third-order valence-electron chi connectivity index (χ3n) is 4.20. The van der Waals surface area contributed by atoms with E-state index in [1.807, 2.05) is 11.5 Å². The monoisotopic (exact) mass is 281 g/mol. The fourth-order valence-electron chi connectivity index (χ4n) is 3.10. The Morgan fingerprint density at radius 2 is 2.00 bits per heavy atom. The zero-order valence-electron chi connectivity index (χ0n) is 12.6. The minimum atomic E-state index is 0.641. The van der Waals surface area contributed by atoms with Crippen molar-refractivity contribution in [1.29, 1.82) is 5.26 Å². The van der Waals surface area contributed by atoms with E-state index in [1.54, 1.807) is 6.33 Å². The summed E-state index contributed by atoms with van der Waals surface area (Å²) in [7, 11) is 0. The Morgan fingerprint density at radius 3 is 2.71 bits per heavy atom. The molecule has 1 aliphatic carbocycles. The maximum absolute atomic E-state index is 9.60. The van der Waals surface area contributed by atoms with Crippen molar-refractivity contribution in [3.05, 3.63) is 34.5 Å². The van der Waals surface area contributed by atoms with Crippen LogP contribution in [-0.4, -0.2) is 19.7 Å². The Morgan fingerprint density at radius 1 is 1.19 bits per heavy atom. The van der Waals surface area contributed by atoms with Crippen molar-refractivity contribution in [1.82, 2.24) is 19.7 Å². The van der Waals surface area contributed by atoms with Gasteiger partial charge in [0.1, 0.15) is 18.0 Å². The topological polar surface area (TPSA) is 67.4 Å². The first-order valence-corrected chi connectivity index (χ1v) is 7.64. The fraction of sp³-hybridized carbons (Fsp3) is 0.500. The molecule has 2 aromatic rings. The highest BCUT2D eigenvalue weighted by atomic mass is 15.2. The molecule has 0 amide bonds. The molecule has 0 N–H and O–H groups in total. The van der Waals surface area contributed by atoms with Crippen molar-refractivity contribution in [3.8, 4) is 11.9 Å². The molecule has 0 saturated heterocycles. The summed E-state index contributed by atoms with van der Waals surface area (Å²) in [6, 6.07) is 2.33. The Kier molecular flexibility index (Phi) is 3.70. The van der Waals surface area contributed by atoms with Gasteiger partial charge in [-0.15, -0.1) is 5.10 Å². The predicted octanol–water partition coefficient (Wildman–Crippen LogP) is 2.54. The van der Waals surface area contributed by atoms with Gasteiger partial charge in [0.25, 0.3) is 0 Å². The molecule has 0 aliphatic heterocycles. The van der Waals surface area contributed by atoms with E-state index in [1.165, 1.54) is 18.5 Å². The van der Waals surface area contributed by atoms with E-state index < -0.39 is 0 Å². The van der Waals surface area contributed by atoms with Crippen LogP contribution in [0, 0.1) is 11.3 Å². The molecule has 0 unspecified atom stereocenters. The minimum absolute atomic E-state index is 0.641. The number of fused-ring (bicyclic) bond motifs is 1. The van der Waals surface area contributed by atoms with Gasteiger partial charge in [-0.2, -0.15) is 10.4 Å². The lowest BCUT2D eigenvalue weighted by molar-refractivity contribution is 0.651. The number of hydrogen-bond acceptors (Lipinski definition) is 4. The van der Waals surface area contributed by atoms with Gasteiger partial charge in [0, 0.05) is 5.69 Å². The first-order valence-electron chi connectivity index (χ1n) is 7.64. The standard InChI is InChI=1S/C16H19N5/c1-3-11-12(9-17)16(20-19-13(11)4-2)21-10-18-14-7-5-6-8-15(14)21/h10H,3-8H2,1-2H3. The molecule has 1 aliphatic rings. The van der Waals surface area contributed by atoms with Crippen LogP contribution in [0.4, 0.5) is 0 Å². The molecule has 0 aromatic carbocycles. The van der Waals surface area contributed by atoms with Crippen molar-refractivity contribution in [3.63, 3.8) is 0 Å². The van der Waals surface area contributed by atoms with Gasteiger partial charge in [0.2, 0.25) is 0 Å². The zero-order valence-corrected chi connectivity index (χ0v) is 12.6. The Hall–Kier alpha value is -2.22. The maximum atomic E-state index is 9.60. The van der Waals surface area contributed by atoms with Crippen molar-refractivity contribution < 1.29 is 0 Å².